The Kier molecular flexibility index (Phi) is 9.69. The minimum atomic E-state index is -0.666. The number of rotatable bonds is 11. The number of amides is 2. The summed E-state index contributed by atoms with van der Waals surface area (Å²) in [7, 11) is 0. The van der Waals surface area contributed by atoms with Crippen LogP contribution in [0.2, 0.25) is 0 Å². The normalized spacial score (nSPS) is 11.7. The van der Waals surface area contributed by atoms with Gasteiger partial charge in [-0.05, 0) is 60.6 Å². The number of hydrogen-bond donors (Lipinski definition) is 1. The maximum Gasteiger partial charge on any atom is 0.261 e. The fourth-order valence-corrected chi connectivity index (χ4v) is 4.05. The number of hydrogen-bond acceptors (Lipinski definition) is 3. The van der Waals surface area contributed by atoms with Crippen LogP contribution in [-0.2, 0) is 22.6 Å². The Bertz CT molecular complexity index is 1160. The van der Waals surface area contributed by atoms with Crippen LogP contribution in [0.4, 0.5) is 0 Å². The molecule has 5 nitrogen and oxygen atoms in total. The second-order valence-corrected chi connectivity index (χ2v) is 9.78. The lowest BCUT2D eigenvalue weighted by Crippen LogP contribution is -2.52. The number of nitrogens with zero attached hydrogens (tertiary/aromatic N) is 1. The Morgan fingerprint density at radius 3 is 2.22 bits per heavy atom. The van der Waals surface area contributed by atoms with Crippen LogP contribution in [0.25, 0.3) is 0 Å². The molecule has 0 heterocycles. The van der Waals surface area contributed by atoms with Gasteiger partial charge in [-0.1, -0.05) is 80.6 Å². The summed E-state index contributed by atoms with van der Waals surface area (Å²) < 4.78 is 5.98. The van der Waals surface area contributed by atoms with Crippen LogP contribution in [-0.4, -0.2) is 35.9 Å². The van der Waals surface area contributed by atoms with Crippen molar-refractivity contribution in [3.8, 4) is 5.75 Å². The Hall–Kier alpha value is -3.60. The number of carbonyl (C=O) groups excluding carboxylic acids is 2. The summed E-state index contributed by atoms with van der Waals surface area (Å²) in [5.41, 5.74) is 5.19. The summed E-state index contributed by atoms with van der Waals surface area (Å²) in [4.78, 5) is 28.9. The summed E-state index contributed by atoms with van der Waals surface area (Å²) in [6, 6.07) is 23.0. The van der Waals surface area contributed by atoms with Crippen LogP contribution >= 0.6 is 0 Å². The highest BCUT2D eigenvalue weighted by Crippen LogP contribution is 2.22. The molecule has 0 fully saturated rings. The van der Waals surface area contributed by atoms with Crippen molar-refractivity contribution in [3.05, 3.63) is 101 Å². The average Bonchev–Trinajstić information content (AvgIpc) is 2.87. The molecule has 0 radical (unpaired) electrons. The van der Waals surface area contributed by atoms with Crippen LogP contribution < -0.4 is 10.1 Å². The Morgan fingerprint density at radius 1 is 0.861 bits per heavy atom. The van der Waals surface area contributed by atoms with Gasteiger partial charge in [0.05, 0.1) is 0 Å². The second-order valence-electron chi connectivity index (χ2n) is 9.78. The second kappa shape index (κ2) is 12.9. The van der Waals surface area contributed by atoms with E-state index >= 15 is 0 Å². The van der Waals surface area contributed by atoms with Gasteiger partial charge >= 0.3 is 0 Å². The van der Waals surface area contributed by atoms with Gasteiger partial charge in [-0.3, -0.25) is 9.59 Å². The Balaban J connectivity index is 1.93. The zero-order chi connectivity index (χ0) is 26.1. The molecule has 0 aliphatic heterocycles. The first kappa shape index (κ1) is 27.0. The standard InChI is InChI=1S/C31H38N2O3/c1-22(2)19-32-31(35)28(18-26-14-7-6-8-15-26)33(20-27-16-10-9-12-24(27)4)30(34)21-36-29-17-11-13-23(3)25(29)5/h6-17,22,28H,18-21H2,1-5H3,(H,32,35)/t28-/m1/s1. The molecule has 0 unspecified atom stereocenters. The lowest BCUT2D eigenvalue weighted by Gasteiger charge is -2.32. The molecule has 0 aromatic heterocycles. The van der Waals surface area contributed by atoms with Crippen molar-refractivity contribution in [3.63, 3.8) is 0 Å². The van der Waals surface area contributed by atoms with Gasteiger partial charge in [0.25, 0.3) is 5.91 Å². The van der Waals surface area contributed by atoms with Gasteiger partial charge in [-0.25, -0.2) is 0 Å². The predicted octanol–water partition coefficient (Wildman–Crippen LogP) is 5.40. The SMILES string of the molecule is Cc1ccccc1CN(C(=O)COc1cccc(C)c1C)[C@H](Cc1ccccc1)C(=O)NCC(C)C. The molecule has 0 saturated heterocycles. The number of aryl methyl sites for hydroxylation is 2. The quantitative estimate of drug-likeness (QED) is 0.395. The number of carbonyl (C=O) groups is 2. The van der Waals surface area contributed by atoms with E-state index in [4.69, 9.17) is 4.74 Å². The molecule has 190 valence electrons. The molecule has 2 amide bonds. The first-order valence-corrected chi connectivity index (χ1v) is 12.6. The average molecular weight is 487 g/mol. The largest absolute Gasteiger partial charge is 0.483 e. The van der Waals surface area contributed by atoms with E-state index < -0.39 is 6.04 Å². The number of nitrogens with one attached hydrogen (secondary N) is 1. The van der Waals surface area contributed by atoms with E-state index in [1.165, 1.54) is 0 Å². The van der Waals surface area contributed by atoms with Gasteiger partial charge in [-0.15, -0.1) is 0 Å². The number of benzene rings is 3. The van der Waals surface area contributed by atoms with E-state index in [0.29, 0.717) is 31.2 Å². The predicted molar refractivity (Wildman–Crippen MR) is 145 cm³/mol. The van der Waals surface area contributed by atoms with Gasteiger partial charge in [0.2, 0.25) is 5.91 Å². The molecular weight excluding hydrogens is 448 g/mol. The summed E-state index contributed by atoms with van der Waals surface area (Å²) in [5.74, 6) is 0.614. The summed E-state index contributed by atoms with van der Waals surface area (Å²) in [6.07, 6.45) is 0.422. The van der Waals surface area contributed by atoms with Gasteiger partial charge in [0.15, 0.2) is 6.61 Å². The van der Waals surface area contributed by atoms with Gasteiger partial charge in [0, 0.05) is 19.5 Å². The highest BCUT2D eigenvalue weighted by Gasteiger charge is 2.31. The molecule has 0 spiro atoms. The molecule has 36 heavy (non-hydrogen) atoms. The third-order valence-corrected chi connectivity index (χ3v) is 6.46. The summed E-state index contributed by atoms with van der Waals surface area (Å²) >= 11 is 0. The topological polar surface area (TPSA) is 58.6 Å². The molecule has 1 N–H and O–H groups in total. The lowest BCUT2D eigenvalue weighted by molar-refractivity contribution is -0.142. The van der Waals surface area contributed by atoms with E-state index in [-0.39, 0.29) is 18.4 Å². The van der Waals surface area contributed by atoms with Crippen LogP contribution in [0, 0.1) is 26.7 Å². The third kappa shape index (κ3) is 7.45. The molecule has 0 saturated carbocycles. The molecular formula is C31H38N2O3. The fourth-order valence-electron chi connectivity index (χ4n) is 4.05. The van der Waals surface area contributed by atoms with Gasteiger partial charge in [0.1, 0.15) is 11.8 Å². The smallest absolute Gasteiger partial charge is 0.261 e. The van der Waals surface area contributed by atoms with Crippen molar-refractivity contribution in [1.82, 2.24) is 10.2 Å². The van der Waals surface area contributed by atoms with Crippen LogP contribution in [0.5, 0.6) is 5.75 Å². The molecule has 0 aliphatic rings. The van der Waals surface area contributed by atoms with Crippen molar-refractivity contribution in [1.29, 1.82) is 0 Å². The van der Waals surface area contributed by atoms with Crippen LogP contribution in [0.15, 0.2) is 72.8 Å². The van der Waals surface area contributed by atoms with Gasteiger partial charge in [-0.2, -0.15) is 0 Å². The Morgan fingerprint density at radius 2 is 1.53 bits per heavy atom. The summed E-state index contributed by atoms with van der Waals surface area (Å²) in [6.45, 7) is 10.9. The van der Waals surface area contributed by atoms with Crippen molar-refractivity contribution >= 4 is 11.8 Å². The fraction of sp³-hybridized carbons (Fsp3) is 0.355. The highest BCUT2D eigenvalue weighted by atomic mass is 16.5. The lowest BCUT2D eigenvalue weighted by atomic mass is 10.0. The molecule has 3 aromatic rings. The van der Waals surface area contributed by atoms with Crippen LogP contribution in [0.3, 0.4) is 0 Å². The minimum absolute atomic E-state index is 0.140. The molecule has 5 heteroatoms. The monoisotopic (exact) mass is 486 g/mol. The minimum Gasteiger partial charge on any atom is -0.483 e. The van der Waals surface area contributed by atoms with Crippen molar-refractivity contribution < 1.29 is 14.3 Å². The highest BCUT2D eigenvalue weighted by molar-refractivity contribution is 5.88. The van der Waals surface area contributed by atoms with Crippen molar-refractivity contribution in [2.75, 3.05) is 13.2 Å². The zero-order valence-corrected chi connectivity index (χ0v) is 22.1. The van der Waals surface area contributed by atoms with Crippen molar-refractivity contribution in [2.24, 2.45) is 5.92 Å². The van der Waals surface area contributed by atoms with Crippen LogP contribution in [0.1, 0.15) is 41.7 Å². The van der Waals surface area contributed by atoms with Gasteiger partial charge < -0.3 is 15.0 Å². The maximum atomic E-state index is 13.7. The van der Waals surface area contributed by atoms with Crippen molar-refractivity contribution in [2.45, 2.75) is 53.6 Å². The van der Waals surface area contributed by atoms with E-state index in [1.54, 1.807) is 4.90 Å². The first-order chi connectivity index (χ1) is 17.3. The molecule has 3 rings (SSSR count). The molecule has 0 aliphatic carbocycles. The molecule has 1 atom stereocenters. The maximum absolute atomic E-state index is 13.7. The molecule has 3 aromatic carbocycles. The Labute approximate surface area is 215 Å². The third-order valence-electron chi connectivity index (χ3n) is 6.46. The first-order valence-electron chi connectivity index (χ1n) is 12.6. The van der Waals surface area contributed by atoms with E-state index in [9.17, 15) is 9.59 Å². The van der Waals surface area contributed by atoms with E-state index in [1.807, 2.05) is 93.6 Å². The van der Waals surface area contributed by atoms with E-state index in [2.05, 4.69) is 19.2 Å². The molecule has 0 bridgehead atoms. The summed E-state index contributed by atoms with van der Waals surface area (Å²) in [5, 5.41) is 3.05. The number of ether oxygens (including phenoxy) is 1. The van der Waals surface area contributed by atoms with E-state index in [0.717, 1.165) is 27.8 Å². The zero-order valence-electron chi connectivity index (χ0n) is 22.1.